The van der Waals surface area contributed by atoms with Crippen LogP contribution in [0.25, 0.3) is 10.9 Å². The largest absolute Gasteiger partial charge is 0.271 e. The van der Waals surface area contributed by atoms with Gasteiger partial charge in [0.1, 0.15) is 0 Å². The van der Waals surface area contributed by atoms with Gasteiger partial charge in [0, 0.05) is 11.6 Å². The summed E-state index contributed by atoms with van der Waals surface area (Å²) < 4.78 is 3.88. The fraction of sp³-hybridized carbons (Fsp3) is 0.0833. The number of hydrogen-bond acceptors (Lipinski definition) is 6. The molecule has 18 heavy (non-hydrogen) atoms. The van der Waals surface area contributed by atoms with Crippen molar-refractivity contribution in [2.24, 2.45) is 5.84 Å². The molecule has 0 fully saturated rings. The number of pyridine rings is 1. The molecule has 1 aromatic carbocycles. The Morgan fingerprint density at radius 3 is 2.94 bits per heavy atom. The van der Waals surface area contributed by atoms with Crippen molar-refractivity contribution in [2.75, 3.05) is 0 Å². The Balaban J connectivity index is 2.18. The lowest BCUT2D eigenvalue weighted by Gasteiger charge is -2.15. The number of fused-ring (bicyclic) bond motifs is 1. The summed E-state index contributed by atoms with van der Waals surface area (Å²) in [5, 5.41) is 4.93. The maximum absolute atomic E-state index is 5.67. The zero-order chi connectivity index (χ0) is 12.4. The van der Waals surface area contributed by atoms with Crippen molar-refractivity contribution in [2.45, 2.75) is 6.04 Å². The van der Waals surface area contributed by atoms with Crippen molar-refractivity contribution in [1.82, 2.24) is 20.0 Å². The minimum absolute atomic E-state index is 0.113. The Bertz CT molecular complexity index is 647. The minimum Gasteiger partial charge on any atom is -0.271 e. The predicted octanol–water partition coefficient (Wildman–Crippen LogP) is 1.64. The molecular formula is C12H11N5S. The summed E-state index contributed by atoms with van der Waals surface area (Å²) in [7, 11) is 0. The van der Waals surface area contributed by atoms with Gasteiger partial charge in [0.05, 0.1) is 22.6 Å². The summed E-state index contributed by atoms with van der Waals surface area (Å²) in [5.74, 6) is 5.67. The second-order valence-electron chi connectivity index (χ2n) is 3.84. The van der Waals surface area contributed by atoms with E-state index in [1.807, 2.05) is 30.3 Å². The number of aromatic nitrogens is 3. The van der Waals surface area contributed by atoms with Gasteiger partial charge in [-0.25, -0.2) is 5.43 Å². The van der Waals surface area contributed by atoms with E-state index in [1.165, 1.54) is 11.5 Å². The molecule has 2 heterocycles. The summed E-state index contributed by atoms with van der Waals surface area (Å²) in [6.45, 7) is 0. The van der Waals surface area contributed by atoms with Crippen LogP contribution in [0.4, 0.5) is 0 Å². The Morgan fingerprint density at radius 1 is 1.22 bits per heavy atom. The Kier molecular flexibility index (Phi) is 2.97. The average molecular weight is 257 g/mol. The molecule has 1 unspecified atom stereocenters. The molecule has 90 valence electrons. The van der Waals surface area contributed by atoms with E-state index < -0.39 is 0 Å². The molecule has 6 heteroatoms. The van der Waals surface area contributed by atoms with Crippen molar-refractivity contribution in [3.63, 3.8) is 0 Å². The smallest absolute Gasteiger partial charge is 0.0841 e. The van der Waals surface area contributed by atoms with Gasteiger partial charge >= 0.3 is 0 Å². The zero-order valence-corrected chi connectivity index (χ0v) is 10.3. The Hall–Kier alpha value is -1.89. The Labute approximate surface area is 108 Å². The first-order valence-electron chi connectivity index (χ1n) is 5.47. The van der Waals surface area contributed by atoms with E-state index in [2.05, 4.69) is 20.0 Å². The highest BCUT2D eigenvalue weighted by Gasteiger charge is 2.17. The van der Waals surface area contributed by atoms with Crippen LogP contribution in [0.1, 0.15) is 16.5 Å². The Morgan fingerprint density at radius 2 is 2.17 bits per heavy atom. The van der Waals surface area contributed by atoms with Crippen molar-refractivity contribution in [3.05, 3.63) is 53.2 Å². The van der Waals surface area contributed by atoms with E-state index >= 15 is 0 Å². The number of nitrogens with two attached hydrogens (primary N) is 1. The summed E-state index contributed by atoms with van der Waals surface area (Å²) in [6.07, 6.45) is 3.51. The summed E-state index contributed by atoms with van der Waals surface area (Å²) in [4.78, 5) is 5.32. The lowest BCUT2D eigenvalue weighted by atomic mass is 10.0. The molecule has 3 rings (SSSR count). The average Bonchev–Trinajstić information content (AvgIpc) is 2.94. The highest BCUT2D eigenvalue weighted by molar-refractivity contribution is 7.05. The van der Waals surface area contributed by atoms with Gasteiger partial charge in [-0.1, -0.05) is 22.7 Å². The molecule has 3 N–H and O–H groups in total. The number of benzene rings is 1. The van der Waals surface area contributed by atoms with E-state index in [4.69, 9.17) is 5.84 Å². The molecule has 0 bridgehead atoms. The van der Waals surface area contributed by atoms with Crippen LogP contribution in [0.5, 0.6) is 0 Å². The van der Waals surface area contributed by atoms with Gasteiger partial charge in [-0.2, -0.15) is 0 Å². The van der Waals surface area contributed by atoms with E-state index in [1.54, 1.807) is 12.4 Å². The number of hydrogen-bond donors (Lipinski definition) is 2. The van der Waals surface area contributed by atoms with E-state index in [9.17, 15) is 0 Å². The maximum atomic E-state index is 5.67. The van der Waals surface area contributed by atoms with Crippen LogP contribution < -0.4 is 11.3 Å². The van der Waals surface area contributed by atoms with Crippen LogP contribution in [0, 0.1) is 0 Å². The normalized spacial score (nSPS) is 12.7. The third-order valence-corrected chi connectivity index (χ3v) is 3.55. The molecule has 0 spiro atoms. The lowest BCUT2D eigenvalue weighted by molar-refractivity contribution is 0.649. The number of hydrazine groups is 1. The van der Waals surface area contributed by atoms with Gasteiger partial charge in [0.15, 0.2) is 0 Å². The van der Waals surface area contributed by atoms with Crippen LogP contribution in [0.3, 0.4) is 0 Å². The van der Waals surface area contributed by atoms with E-state index in [0.29, 0.717) is 0 Å². The van der Waals surface area contributed by atoms with Crippen molar-refractivity contribution in [1.29, 1.82) is 0 Å². The standard InChI is InChI=1S/C12H11N5S/c13-16-12(11-7-15-17-18-11)9-3-1-5-10-8(9)4-2-6-14-10/h1-7,12,16H,13H2. The molecule has 0 aliphatic rings. The summed E-state index contributed by atoms with van der Waals surface area (Å²) >= 11 is 1.33. The third-order valence-electron chi connectivity index (χ3n) is 2.82. The highest BCUT2D eigenvalue weighted by Crippen LogP contribution is 2.28. The summed E-state index contributed by atoms with van der Waals surface area (Å²) in [5.41, 5.74) is 4.85. The maximum Gasteiger partial charge on any atom is 0.0841 e. The van der Waals surface area contributed by atoms with E-state index in [-0.39, 0.29) is 6.04 Å². The topological polar surface area (TPSA) is 76.7 Å². The molecular weight excluding hydrogens is 246 g/mol. The van der Waals surface area contributed by atoms with Crippen molar-refractivity contribution < 1.29 is 0 Å². The lowest BCUT2D eigenvalue weighted by Crippen LogP contribution is -2.28. The third kappa shape index (κ3) is 1.86. The molecule has 0 aliphatic carbocycles. The molecule has 2 aromatic heterocycles. The van der Waals surface area contributed by atoms with Crippen LogP contribution in [0.15, 0.2) is 42.7 Å². The van der Waals surface area contributed by atoms with Gasteiger partial charge in [0.25, 0.3) is 0 Å². The minimum atomic E-state index is -0.113. The van der Waals surface area contributed by atoms with Crippen LogP contribution in [-0.2, 0) is 0 Å². The van der Waals surface area contributed by atoms with Gasteiger partial charge < -0.3 is 0 Å². The first-order valence-corrected chi connectivity index (χ1v) is 6.24. The number of nitrogens with zero attached hydrogens (tertiary/aromatic N) is 3. The highest BCUT2D eigenvalue weighted by atomic mass is 32.1. The van der Waals surface area contributed by atoms with Gasteiger partial charge in [-0.3, -0.25) is 10.8 Å². The quantitative estimate of drug-likeness (QED) is 0.551. The molecule has 0 amide bonds. The van der Waals surface area contributed by atoms with Gasteiger partial charge in [-0.15, -0.1) is 5.10 Å². The number of rotatable bonds is 3. The van der Waals surface area contributed by atoms with Crippen LogP contribution >= 0.6 is 11.5 Å². The van der Waals surface area contributed by atoms with Crippen molar-refractivity contribution in [3.8, 4) is 0 Å². The van der Waals surface area contributed by atoms with Crippen LogP contribution in [-0.4, -0.2) is 14.6 Å². The van der Waals surface area contributed by atoms with Crippen molar-refractivity contribution >= 4 is 22.4 Å². The first kappa shape index (κ1) is 11.2. The van der Waals surface area contributed by atoms with Gasteiger partial charge in [0.2, 0.25) is 0 Å². The summed E-state index contributed by atoms with van der Waals surface area (Å²) in [6, 6.07) is 9.84. The first-order chi connectivity index (χ1) is 8.90. The molecule has 0 aliphatic heterocycles. The number of nitrogens with one attached hydrogen (secondary N) is 1. The SMILES string of the molecule is NNC(c1cnns1)c1cccc2ncccc12. The zero-order valence-electron chi connectivity index (χ0n) is 9.45. The molecule has 0 radical (unpaired) electrons. The van der Waals surface area contributed by atoms with Gasteiger partial charge in [-0.05, 0) is 29.2 Å². The fourth-order valence-corrected chi connectivity index (χ4v) is 2.59. The fourth-order valence-electron chi connectivity index (χ4n) is 2.01. The van der Waals surface area contributed by atoms with Crippen LogP contribution in [0.2, 0.25) is 0 Å². The molecule has 0 saturated carbocycles. The molecule has 0 saturated heterocycles. The molecule has 3 aromatic rings. The van der Waals surface area contributed by atoms with E-state index in [0.717, 1.165) is 21.3 Å². The second kappa shape index (κ2) is 4.77. The monoisotopic (exact) mass is 257 g/mol. The second-order valence-corrected chi connectivity index (χ2v) is 4.65. The predicted molar refractivity (Wildman–Crippen MR) is 70.8 cm³/mol. The molecule has 5 nitrogen and oxygen atoms in total. The molecule has 1 atom stereocenters.